The molecule has 0 bridgehead atoms. The molecule has 0 amide bonds. The van der Waals surface area contributed by atoms with Crippen molar-refractivity contribution in [3.05, 3.63) is 30.6 Å². The zero-order valence-electron chi connectivity index (χ0n) is 17.3. The molecule has 0 atom stereocenters. The van der Waals surface area contributed by atoms with Crippen LogP contribution in [-0.2, 0) is 7.05 Å². The number of anilines is 1. The van der Waals surface area contributed by atoms with Crippen molar-refractivity contribution in [3.8, 4) is 16.9 Å². The van der Waals surface area contributed by atoms with Crippen molar-refractivity contribution in [2.24, 2.45) is 12.5 Å². The average Bonchev–Trinajstić information content (AvgIpc) is 3.09. The maximum absolute atomic E-state index is 5.52. The monoisotopic (exact) mass is 381 g/mol. The van der Waals surface area contributed by atoms with Crippen LogP contribution in [-0.4, -0.2) is 79.0 Å². The number of aromatic nitrogens is 2. The van der Waals surface area contributed by atoms with Gasteiger partial charge in [0.15, 0.2) is 0 Å². The van der Waals surface area contributed by atoms with Gasteiger partial charge >= 0.3 is 0 Å². The number of piperidine rings is 1. The van der Waals surface area contributed by atoms with Gasteiger partial charge in [-0.3, -0.25) is 9.58 Å². The van der Waals surface area contributed by atoms with E-state index in [1.807, 2.05) is 24.0 Å². The number of benzene rings is 1. The molecule has 0 radical (unpaired) electrons. The van der Waals surface area contributed by atoms with E-state index in [-0.39, 0.29) is 0 Å². The Morgan fingerprint density at radius 1 is 1.07 bits per heavy atom. The van der Waals surface area contributed by atoms with E-state index in [4.69, 9.17) is 4.74 Å². The van der Waals surface area contributed by atoms with Crippen LogP contribution in [0.25, 0.3) is 11.1 Å². The van der Waals surface area contributed by atoms with Crippen LogP contribution in [0.3, 0.4) is 0 Å². The van der Waals surface area contributed by atoms with E-state index in [0.717, 1.165) is 24.9 Å². The normalized spacial score (nSPS) is 22.9. The van der Waals surface area contributed by atoms with Gasteiger partial charge in [-0.2, -0.15) is 5.10 Å². The Balaban J connectivity index is 1.28. The molecule has 0 saturated carbocycles. The molecule has 6 heteroatoms. The molecule has 3 aliphatic rings. The molecule has 1 aromatic heterocycles. The third kappa shape index (κ3) is 3.08. The summed E-state index contributed by atoms with van der Waals surface area (Å²) in [7, 11) is 5.95. The van der Waals surface area contributed by atoms with Crippen molar-refractivity contribution in [3.63, 3.8) is 0 Å². The van der Waals surface area contributed by atoms with E-state index in [1.54, 1.807) is 7.11 Å². The summed E-state index contributed by atoms with van der Waals surface area (Å²) in [5, 5.41) is 4.37. The maximum atomic E-state index is 5.52. The summed E-state index contributed by atoms with van der Waals surface area (Å²) in [6, 6.07) is 7.16. The van der Waals surface area contributed by atoms with Crippen molar-refractivity contribution in [1.82, 2.24) is 19.6 Å². The highest BCUT2D eigenvalue weighted by atomic mass is 16.5. The van der Waals surface area contributed by atoms with Gasteiger partial charge in [0.25, 0.3) is 0 Å². The topological polar surface area (TPSA) is 36.8 Å². The first-order valence-corrected chi connectivity index (χ1v) is 10.4. The van der Waals surface area contributed by atoms with Gasteiger partial charge in [-0.25, -0.2) is 0 Å². The molecule has 3 aliphatic heterocycles. The van der Waals surface area contributed by atoms with Gasteiger partial charge in [0.1, 0.15) is 5.75 Å². The summed E-state index contributed by atoms with van der Waals surface area (Å²) in [5.41, 5.74) is 4.31. The van der Waals surface area contributed by atoms with Crippen LogP contribution in [0.1, 0.15) is 12.8 Å². The van der Waals surface area contributed by atoms with E-state index in [2.05, 4.69) is 45.2 Å². The molecule has 0 unspecified atom stereocenters. The predicted molar refractivity (Wildman–Crippen MR) is 112 cm³/mol. The zero-order valence-corrected chi connectivity index (χ0v) is 17.3. The second-order valence-corrected chi connectivity index (χ2v) is 9.08. The van der Waals surface area contributed by atoms with E-state index in [0.29, 0.717) is 5.41 Å². The second kappa shape index (κ2) is 6.78. The number of nitrogens with zero attached hydrogens (tertiary/aromatic N) is 5. The molecule has 2 aromatic rings. The Morgan fingerprint density at radius 3 is 2.43 bits per heavy atom. The van der Waals surface area contributed by atoms with Gasteiger partial charge in [0, 0.05) is 86.9 Å². The molecule has 1 aromatic carbocycles. The average molecular weight is 382 g/mol. The summed E-state index contributed by atoms with van der Waals surface area (Å²) < 4.78 is 7.39. The van der Waals surface area contributed by atoms with Gasteiger partial charge in [-0.05, 0) is 32.0 Å². The summed E-state index contributed by atoms with van der Waals surface area (Å²) >= 11 is 0. The minimum atomic E-state index is 0.631. The Kier molecular flexibility index (Phi) is 4.36. The van der Waals surface area contributed by atoms with Crippen LogP contribution in [0.5, 0.6) is 5.75 Å². The van der Waals surface area contributed by atoms with Crippen molar-refractivity contribution in [1.29, 1.82) is 0 Å². The van der Waals surface area contributed by atoms with Crippen LogP contribution in [0.4, 0.5) is 5.69 Å². The fourth-order valence-corrected chi connectivity index (χ4v) is 5.55. The minimum absolute atomic E-state index is 0.631. The van der Waals surface area contributed by atoms with Crippen molar-refractivity contribution in [2.45, 2.75) is 18.9 Å². The first kappa shape index (κ1) is 18.0. The third-order valence-electron chi connectivity index (χ3n) is 6.83. The molecular formula is C22H31N5O. The van der Waals surface area contributed by atoms with Crippen LogP contribution >= 0.6 is 0 Å². The summed E-state index contributed by atoms with van der Waals surface area (Å²) in [5.74, 6) is 0.920. The standard InChI is InChI=1S/C22H31N5O/c1-24-13-22(14-24)15-27(16-22)18-6-8-26(9-7-18)21-10-19(28-3)4-5-20(21)17-11-23-25(2)12-17/h4-5,10-12,18H,6-9,13-16H2,1-3H3. The van der Waals surface area contributed by atoms with E-state index >= 15 is 0 Å². The Hall–Kier alpha value is -2.05. The van der Waals surface area contributed by atoms with Gasteiger partial charge < -0.3 is 14.5 Å². The largest absolute Gasteiger partial charge is 0.497 e. The highest BCUT2D eigenvalue weighted by Gasteiger charge is 2.51. The molecule has 1 spiro atoms. The Labute approximate surface area is 167 Å². The van der Waals surface area contributed by atoms with E-state index in [1.165, 1.54) is 55.8 Å². The Bertz CT molecular complexity index is 840. The highest BCUT2D eigenvalue weighted by Crippen LogP contribution is 2.42. The summed E-state index contributed by atoms with van der Waals surface area (Å²) in [6.45, 7) is 7.41. The van der Waals surface area contributed by atoms with E-state index in [9.17, 15) is 0 Å². The van der Waals surface area contributed by atoms with Crippen LogP contribution in [0, 0.1) is 5.41 Å². The molecule has 6 nitrogen and oxygen atoms in total. The minimum Gasteiger partial charge on any atom is -0.497 e. The molecular weight excluding hydrogens is 350 g/mol. The maximum Gasteiger partial charge on any atom is 0.120 e. The highest BCUT2D eigenvalue weighted by molar-refractivity contribution is 5.79. The molecule has 0 N–H and O–H groups in total. The number of aryl methyl sites for hydroxylation is 1. The molecule has 0 aliphatic carbocycles. The molecule has 3 saturated heterocycles. The second-order valence-electron chi connectivity index (χ2n) is 9.08. The fraction of sp³-hybridized carbons (Fsp3) is 0.591. The molecule has 3 fully saturated rings. The third-order valence-corrected chi connectivity index (χ3v) is 6.83. The lowest BCUT2D eigenvalue weighted by atomic mass is 9.72. The van der Waals surface area contributed by atoms with Crippen molar-refractivity contribution < 1.29 is 4.74 Å². The lowest BCUT2D eigenvalue weighted by molar-refractivity contribution is -0.123. The summed E-state index contributed by atoms with van der Waals surface area (Å²) in [4.78, 5) is 7.72. The number of hydrogen-bond acceptors (Lipinski definition) is 5. The smallest absolute Gasteiger partial charge is 0.120 e. The molecule has 5 rings (SSSR count). The van der Waals surface area contributed by atoms with Crippen molar-refractivity contribution >= 4 is 5.69 Å². The quantitative estimate of drug-likeness (QED) is 0.812. The lowest BCUT2D eigenvalue weighted by Gasteiger charge is -2.62. The van der Waals surface area contributed by atoms with Gasteiger partial charge in [-0.15, -0.1) is 0 Å². The Morgan fingerprint density at radius 2 is 1.82 bits per heavy atom. The van der Waals surface area contributed by atoms with Gasteiger partial charge in [-0.1, -0.05) is 0 Å². The van der Waals surface area contributed by atoms with Gasteiger partial charge in [0.05, 0.1) is 13.3 Å². The van der Waals surface area contributed by atoms with Crippen LogP contribution in [0.15, 0.2) is 30.6 Å². The number of rotatable bonds is 4. The van der Waals surface area contributed by atoms with Gasteiger partial charge in [0.2, 0.25) is 0 Å². The van der Waals surface area contributed by atoms with Crippen molar-refractivity contribution in [2.75, 3.05) is 58.3 Å². The number of methoxy groups -OCH3 is 1. The zero-order chi connectivity index (χ0) is 19.3. The fourth-order valence-electron chi connectivity index (χ4n) is 5.55. The first-order chi connectivity index (χ1) is 13.5. The van der Waals surface area contributed by atoms with E-state index < -0.39 is 0 Å². The SMILES string of the molecule is COc1ccc(-c2cnn(C)c2)c(N2CCC(N3CC4(CN(C)C4)C3)CC2)c1. The van der Waals surface area contributed by atoms with Crippen LogP contribution < -0.4 is 9.64 Å². The molecule has 150 valence electrons. The number of likely N-dealkylation sites (tertiary alicyclic amines) is 2. The molecule has 28 heavy (non-hydrogen) atoms. The number of hydrogen-bond donors (Lipinski definition) is 0. The first-order valence-electron chi connectivity index (χ1n) is 10.4. The lowest BCUT2D eigenvalue weighted by Crippen LogP contribution is -2.73. The molecule has 4 heterocycles. The summed E-state index contributed by atoms with van der Waals surface area (Å²) in [6.07, 6.45) is 6.53. The van der Waals surface area contributed by atoms with Crippen LogP contribution in [0.2, 0.25) is 0 Å². The number of ether oxygens (including phenoxy) is 1. The predicted octanol–water partition coefficient (Wildman–Crippen LogP) is 2.31.